The smallest absolute Gasteiger partial charge is 0.351 e. The van der Waals surface area contributed by atoms with E-state index in [2.05, 4.69) is 5.32 Å². The van der Waals surface area contributed by atoms with Crippen molar-refractivity contribution >= 4 is 18.3 Å². The van der Waals surface area contributed by atoms with Crippen molar-refractivity contribution in [3.8, 4) is 0 Å². The van der Waals surface area contributed by atoms with Crippen molar-refractivity contribution in [1.29, 1.82) is 0 Å². The van der Waals surface area contributed by atoms with Crippen molar-refractivity contribution in [3.63, 3.8) is 0 Å². The Morgan fingerprint density at radius 1 is 1.39 bits per heavy atom. The van der Waals surface area contributed by atoms with Crippen molar-refractivity contribution in [2.75, 3.05) is 0 Å². The molecule has 0 unspecified atom stereocenters. The molecule has 1 aromatic carbocycles. The predicted octanol–water partition coefficient (Wildman–Crippen LogP) is 2.09. The average Bonchev–Trinajstić information content (AvgIpc) is 2.24. The van der Waals surface area contributed by atoms with Gasteiger partial charge in [-0.25, -0.2) is 0 Å². The summed E-state index contributed by atoms with van der Waals surface area (Å²) in [5, 5.41) is 2.35. The first-order valence-corrected chi connectivity index (χ1v) is 5.00. The van der Waals surface area contributed by atoms with Gasteiger partial charge < -0.3 is 11.1 Å². The Morgan fingerprint density at radius 3 is 2.44 bits per heavy atom. The van der Waals surface area contributed by atoms with Crippen LogP contribution in [0.5, 0.6) is 0 Å². The lowest BCUT2D eigenvalue weighted by Gasteiger charge is -2.13. The molecule has 0 aromatic heterocycles. The highest BCUT2D eigenvalue weighted by Gasteiger charge is 2.32. The number of nitrogens with one attached hydrogen (secondary N) is 1. The highest BCUT2D eigenvalue weighted by molar-refractivity contribution is 5.85. The monoisotopic (exact) mass is 282 g/mol. The molecule has 0 aliphatic carbocycles. The van der Waals surface area contributed by atoms with Gasteiger partial charge in [0.2, 0.25) is 5.91 Å². The molecule has 0 spiro atoms. The maximum Gasteiger partial charge on any atom is 0.416 e. The highest BCUT2D eigenvalue weighted by Crippen LogP contribution is 2.31. The van der Waals surface area contributed by atoms with E-state index in [-0.39, 0.29) is 24.5 Å². The number of carbonyl (C=O) groups is 1. The Kier molecular flexibility index (Phi) is 6.14. The van der Waals surface area contributed by atoms with Crippen LogP contribution < -0.4 is 11.1 Å². The van der Waals surface area contributed by atoms with Gasteiger partial charge in [0.1, 0.15) is 0 Å². The van der Waals surface area contributed by atoms with Crippen LogP contribution in [0.25, 0.3) is 0 Å². The van der Waals surface area contributed by atoms with Crippen LogP contribution in [-0.4, -0.2) is 11.9 Å². The first kappa shape index (κ1) is 16.7. The van der Waals surface area contributed by atoms with E-state index >= 15 is 0 Å². The predicted molar refractivity (Wildman–Crippen MR) is 64.2 cm³/mol. The summed E-state index contributed by atoms with van der Waals surface area (Å²) in [4.78, 5) is 11.2. The molecule has 0 bridgehead atoms. The molecule has 0 fully saturated rings. The van der Waals surface area contributed by atoms with Crippen molar-refractivity contribution in [2.45, 2.75) is 25.7 Å². The van der Waals surface area contributed by atoms with E-state index < -0.39 is 23.7 Å². The molecule has 7 heteroatoms. The molecule has 1 aromatic rings. The molecule has 0 aliphatic rings. The first-order chi connectivity index (χ1) is 7.82. The highest BCUT2D eigenvalue weighted by atomic mass is 35.5. The summed E-state index contributed by atoms with van der Waals surface area (Å²) >= 11 is 0. The molecule has 1 amide bonds. The lowest BCUT2D eigenvalue weighted by Crippen LogP contribution is -2.38. The minimum absolute atomic E-state index is 0. The van der Waals surface area contributed by atoms with Gasteiger partial charge >= 0.3 is 6.18 Å². The summed E-state index contributed by atoms with van der Waals surface area (Å²) in [5.41, 5.74) is 4.57. The van der Waals surface area contributed by atoms with E-state index in [0.29, 0.717) is 0 Å². The van der Waals surface area contributed by atoms with Crippen LogP contribution in [0.4, 0.5) is 13.2 Å². The van der Waals surface area contributed by atoms with Gasteiger partial charge in [0.05, 0.1) is 11.6 Å². The van der Waals surface area contributed by atoms with E-state index in [4.69, 9.17) is 5.73 Å². The first-order valence-electron chi connectivity index (χ1n) is 5.00. The second-order valence-corrected chi connectivity index (χ2v) is 3.66. The Hall–Kier alpha value is -1.27. The lowest BCUT2D eigenvalue weighted by atomic mass is 10.1. The molecule has 1 atom stereocenters. The Morgan fingerprint density at radius 2 is 1.94 bits per heavy atom. The third-order valence-electron chi connectivity index (χ3n) is 2.19. The number of hydrogen-bond donors (Lipinski definition) is 2. The van der Waals surface area contributed by atoms with Gasteiger partial charge in [-0.1, -0.05) is 18.2 Å². The SMILES string of the molecule is C[C@H](N)C(=O)NCc1ccccc1C(F)(F)F.Cl. The second-order valence-electron chi connectivity index (χ2n) is 3.66. The number of halogens is 4. The van der Waals surface area contributed by atoms with Gasteiger partial charge in [-0.15, -0.1) is 12.4 Å². The Labute approximate surface area is 109 Å². The van der Waals surface area contributed by atoms with Gasteiger partial charge in [0, 0.05) is 6.54 Å². The fourth-order valence-corrected chi connectivity index (χ4v) is 1.29. The number of amides is 1. The lowest BCUT2D eigenvalue weighted by molar-refractivity contribution is -0.138. The largest absolute Gasteiger partial charge is 0.416 e. The van der Waals surface area contributed by atoms with E-state index in [1.54, 1.807) is 0 Å². The molecule has 102 valence electrons. The van der Waals surface area contributed by atoms with E-state index in [9.17, 15) is 18.0 Å². The topological polar surface area (TPSA) is 55.1 Å². The van der Waals surface area contributed by atoms with Crippen molar-refractivity contribution in [1.82, 2.24) is 5.32 Å². The van der Waals surface area contributed by atoms with Crippen LogP contribution in [0.2, 0.25) is 0 Å². The van der Waals surface area contributed by atoms with Gasteiger partial charge in [-0.2, -0.15) is 13.2 Å². The van der Waals surface area contributed by atoms with Crippen LogP contribution >= 0.6 is 12.4 Å². The van der Waals surface area contributed by atoms with Crippen LogP contribution in [0.3, 0.4) is 0 Å². The minimum atomic E-state index is -4.42. The number of nitrogens with two attached hydrogens (primary N) is 1. The maximum absolute atomic E-state index is 12.6. The zero-order valence-corrected chi connectivity index (χ0v) is 10.4. The number of hydrogen-bond acceptors (Lipinski definition) is 2. The van der Waals surface area contributed by atoms with Crippen LogP contribution in [0, 0.1) is 0 Å². The van der Waals surface area contributed by atoms with Crippen molar-refractivity contribution in [3.05, 3.63) is 35.4 Å². The van der Waals surface area contributed by atoms with Crippen molar-refractivity contribution in [2.24, 2.45) is 5.73 Å². The summed E-state index contributed by atoms with van der Waals surface area (Å²) in [6.45, 7) is 1.28. The third kappa shape index (κ3) is 4.54. The van der Waals surface area contributed by atoms with Gasteiger partial charge in [0.15, 0.2) is 0 Å². The Bertz CT molecular complexity index is 408. The zero-order valence-electron chi connectivity index (χ0n) is 9.62. The molecule has 0 aliphatic heterocycles. The van der Waals surface area contributed by atoms with E-state index in [0.717, 1.165) is 6.07 Å². The van der Waals surface area contributed by atoms with Crippen LogP contribution in [-0.2, 0) is 17.5 Å². The van der Waals surface area contributed by atoms with Crippen LogP contribution in [0.1, 0.15) is 18.1 Å². The molecule has 0 heterocycles. The van der Waals surface area contributed by atoms with Gasteiger partial charge in [-0.3, -0.25) is 4.79 Å². The molecule has 3 N–H and O–H groups in total. The summed E-state index contributed by atoms with van der Waals surface area (Å²) in [7, 11) is 0. The summed E-state index contributed by atoms with van der Waals surface area (Å²) < 4.78 is 37.8. The normalized spacial score (nSPS) is 12.5. The maximum atomic E-state index is 12.6. The summed E-state index contributed by atoms with van der Waals surface area (Å²) in [6.07, 6.45) is -4.42. The number of alkyl halides is 3. The third-order valence-corrected chi connectivity index (χ3v) is 2.19. The van der Waals surface area contributed by atoms with E-state index in [1.165, 1.54) is 25.1 Å². The number of rotatable bonds is 3. The average molecular weight is 283 g/mol. The molecule has 0 saturated heterocycles. The molecule has 0 saturated carbocycles. The number of benzene rings is 1. The van der Waals surface area contributed by atoms with E-state index in [1.807, 2.05) is 0 Å². The quantitative estimate of drug-likeness (QED) is 0.892. The minimum Gasteiger partial charge on any atom is -0.351 e. The zero-order chi connectivity index (χ0) is 13.1. The molecular formula is C11H14ClF3N2O. The summed E-state index contributed by atoms with van der Waals surface area (Å²) in [6, 6.07) is 4.35. The molecular weight excluding hydrogens is 269 g/mol. The second kappa shape index (κ2) is 6.61. The van der Waals surface area contributed by atoms with Gasteiger partial charge in [0.25, 0.3) is 0 Å². The molecule has 1 rings (SSSR count). The fraction of sp³-hybridized carbons (Fsp3) is 0.364. The number of carbonyl (C=O) groups excluding carboxylic acids is 1. The molecule has 3 nitrogen and oxygen atoms in total. The summed E-state index contributed by atoms with van der Waals surface area (Å²) in [5.74, 6) is -0.484. The molecule has 0 radical (unpaired) electrons. The standard InChI is InChI=1S/C11H13F3N2O.ClH/c1-7(15)10(17)16-6-8-4-2-3-5-9(8)11(12,13)14;/h2-5,7H,6,15H2,1H3,(H,16,17);1H/t7-;/m0./s1. The van der Waals surface area contributed by atoms with Crippen LogP contribution in [0.15, 0.2) is 24.3 Å². The van der Waals surface area contributed by atoms with Crippen molar-refractivity contribution < 1.29 is 18.0 Å². The Balaban J connectivity index is 0.00000289. The molecule has 18 heavy (non-hydrogen) atoms. The van der Waals surface area contributed by atoms with Gasteiger partial charge in [-0.05, 0) is 18.6 Å². The fourth-order valence-electron chi connectivity index (χ4n) is 1.29.